The van der Waals surface area contributed by atoms with E-state index in [2.05, 4.69) is 4.72 Å². The van der Waals surface area contributed by atoms with Crippen molar-refractivity contribution in [3.05, 3.63) is 23.3 Å². The summed E-state index contributed by atoms with van der Waals surface area (Å²) in [5.41, 5.74) is 8.20. The number of sulfonamides is 1. The van der Waals surface area contributed by atoms with Crippen LogP contribution in [0.1, 0.15) is 37.8 Å². The molecule has 1 aromatic rings. The summed E-state index contributed by atoms with van der Waals surface area (Å²) in [6, 6.07) is 3.45. The van der Waals surface area contributed by atoms with E-state index < -0.39 is 10.0 Å². The maximum Gasteiger partial charge on any atom is 0.241 e. The molecule has 1 atom stereocenters. The molecule has 0 saturated carbocycles. The lowest BCUT2D eigenvalue weighted by molar-refractivity contribution is 0.0774. The minimum absolute atomic E-state index is 0.153. The number of nitrogens with one attached hydrogen (secondary N) is 1. The fourth-order valence-electron chi connectivity index (χ4n) is 2.67. The van der Waals surface area contributed by atoms with Gasteiger partial charge in [0.15, 0.2) is 0 Å². The topological polar surface area (TPSA) is 81.4 Å². The molecule has 21 heavy (non-hydrogen) atoms. The number of aryl methyl sites for hydroxylation is 1. The van der Waals surface area contributed by atoms with Crippen LogP contribution >= 0.6 is 0 Å². The summed E-state index contributed by atoms with van der Waals surface area (Å²) in [6.07, 6.45) is 3.03. The van der Waals surface area contributed by atoms with Gasteiger partial charge in [0.25, 0.3) is 0 Å². The number of benzene rings is 1. The van der Waals surface area contributed by atoms with Crippen molar-refractivity contribution in [3.8, 4) is 0 Å². The van der Waals surface area contributed by atoms with Gasteiger partial charge in [0.05, 0.1) is 11.5 Å². The number of rotatable bonds is 5. The maximum absolute atomic E-state index is 12.7. The van der Waals surface area contributed by atoms with Gasteiger partial charge >= 0.3 is 0 Å². The summed E-state index contributed by atoms with van der Waals surface area (Å²) in [5.74, 6) is 0. The molecule has 2 rings (SSSR count). The first-order valence-electron chi connectivity index (χ1n) is 7.49. The molecule has 1 aliphatic heterocycles. The van der Waals surface area contributed by atoms with Crippen LogP contribution in [0, 0.1) is 0 Å². The van der Waals surface area contributed by atoms with Gasteiger partial charge in [-0.1, -0.05) is 13.8 Å². The highest BCUT2D eigenvalue weighted by Gasteiger charge is 2.25. The van der Waals surface area contributed by atoms with Crippen molar-refractivity contribution in [1.82, 2.24) is 4.72 Å². The van der Waals surface area contributed by atoms with Gasteiger partial charge in [-0.2, -0.15) is 0 Å². The maximum atomic E-state index is 12.7. The second-order valence-corrected chi connectivity index (χ2v) is 7.09. The van der Waals surface area contributed by atoms with Gasteiger partial charge < -0.3 is 10.5 Å². The molecule has 5 nitrogen and oxygen atoms in total. The van der Waals surface area contributed by atoms with Crippen LogP contribution < -0.4 is 10.5 Å². The molecule has 0 spiro atoms. The molecule has 1 fully saturated rings. The van der Waals surface area contributed by atoms with E-state index in [4.69, 9.17) is 10.5 Å². The van der Waals surface area contributed by atoms with Crippen LogP contribution in [-0.2, 0) is 27.6 Å². The third-order valence-corrected chi connectivity index (χ3v) is 5.42. The van der Waals surface area contributed by atoms with Crippen molar-refractivity contribution in [2.45, 2.75) is 50.5 Å². The molecule has 1 aromatic carbocycles. The SMILES string of the molecule is CCc1cc(N)c(CC)c(S(=O)(=O)NC2CCCOC2)c1. The standard InChI is InChI=1S/C15H24N2O3S/c1-3-11-8-14(16)13(4-2)15(9-11)21(18,19)17-12-6-5-7-20-10-12/h8-9,12,17H,3-7,10,16H2,1-2H3. The Morgan fingerprint density at radius 2 is 2.10 bits per heavy atom. The van der Waals surface area contributed by atoms with Gasteiger partial charge in [0, 0.05) is 18.3 Å². The molecule has 0 bridgehead atoms. The van der Waals surface area contributed by atoms with Crippen LogP contribution in [0.3, 0.4) is 0 Å². The Balaban J connectivity index is 2.35. The third kappa shape index (κ3) is 3.75. The summed E-state index contributed by atoms with van der Waals surface area (Å²) in [4.78, 5) is 0.312. The number of hydrogen-bond acceptors (Lipinski definition) is 4. The predicted molar refractivity (Wildman–Crippen MR) is 83.8 cm³/mol. The number of nitrogens with two attached hydrogens (primary N) is 1. The molecule has 1 heterocycles. The van der Waals surface area contributed by atoms with E-state index in [9.17, 15) is 8.42 Å². The van der Waals surface area contributed by atoms with Crippen LogP contribution in [0.25, 0.3) is 0 Å². The Bertz CT molecular complexity index is 593. The lowest BCUT2D eigenvalue weighted by Gasteiger charge is -2.24. The van der Waals surface area contributed by atoms with Crippen molar-refractivity contribution in [3.63, 3.8) is 0 Å². The van der Waals surface area contributed by atoms with E-state index in [-0.39, 0.29) is 6.04 Å². The zero-order valence-corrected chi connectivity index (χ0v) is 13.5. The Morgan fingerprint density at radius 1 is 1.33 bits per heavy atom. The summed E-state index contributed by atoms with van der Waals surface area (Å²) in [6.45, 7) is 5.04. The summed E-state index contributed by atoms with van der Waals surface area (Å²) in [5, 5.41) is 0. The van der Waals surface area contributed by atoms with E-state index >= 15 is 0 Å². The molecule has 6 heteroatoms. The van der Waals surface area contributed by atoms with Gasteiger partial charge in [-0.05, 0) is 48.9 Å². The van der Waals surface area contributed by atoms with Crippen LogP contribution in [-0.4, -0.2) is 27.7 Å². The van der Waals surface area contributed by atoms with Crippen LogP contribution in [0.4, 0.5) is 5.69 Å². The first-order valence-corrected chi connectivity index (χ1v) is 8.97. The number of anilines is 1. The summed E-state index contributed by atoms with van der Waals surface area (Å²) >= 11 is 0. The Morgan fingerprint density at radius 3 is 2.67 bits per heavy atom. The van der Waals surface area contributed by atoms with Crippen LogP contribution in [0.15, 0.2) is 17.0 Å². The first kappa shape index (κ1) is 16.3. The van der Waals surface area contributed by atoms with Crippen molar-refractivity contribution in [1.29, 1.82) is 0 Å². The molecule has 1 saturated heterocycles. The average Bonchev–Trinajstić information content (AvgIpc) is 2.47. The van der Waals surface area contributed by atoms with Gasteiger partial charge in [-0.3, -0.25) is 0 Å². The minimum Gasteiger partial charge on any atom is -0.398 e. The van der Waals surface area contributed by atoms with Gasteiger partial charge in [0.2, 0.25) is 10.0 Å². The first-order chi connectivity index (χ1) is 9.97. The molecule has 3 N–H and O–H groups in total. The van der Waals surface area contributed by atoms with Crippen LogP contribution in [0.2, 0.25) is 0 Å². The third-order valence-electron chi connectivity index (χ3n) is 3.84. The minimum atomic E-state index is -3.57. The number of ether oxygens (including phenoxy) is 1. The van der Waals surface area contributed by atoms with E-state index in [0.717, 1.165) is 24.8 Å². The van der Waals surface area contributed by atoms with Gasteiger partial charge in [-0.15, -0.1) is 0 Å². The predicted octanol–water partition coefficient (Wildman–Crippen LogP) is 1.85. The summed E-state index contributed by atoms with van der Waals surface area (Å²) < 4.78 is 33.5. The molecular formula is C15H24N2O3S. The quantitative estimate of drug-likeness (QED) is 0.813. The lowest BCUT2D eigenvalue weighted by atomic mass is 10.1. The average molecular weight is 312 g/mol. The zero-order chi connectivity index (χ0) is 15.5. The number of nitrogen functional groups attached to an aromatic ring is 1. The number of hydrogen-bond donors (Lipinski definition) is 2. The molecule has 0 amide bonds. The van der Waals surface area contributed by atoms with E-state index in [0.29, 0.717) is 35.8 Å². The van der Waals surface area contributed by atoms with E-state index in [1.54, 1.807) is 6.07 Å². The fourth-order valence-corrected chi connectivity index (χ4v) is 4.31. The van der Waals surface area contributed by atoms with Crippen molar-refractivity contribution >= 4 is 15.7 Å². The monoisotopic (exact) mass is 312 g/mol. The Kier molecular flexibility index (Phi) is 5.24. The van der Waals surface area contributed by atoms with Crippen LogP contribution in [0.5, 0.6) is 0 Å². The van der Waals surface area contributed by atoms with Crippen molar-refractivity contribution in [2.75, 3.05) is 18.9 Å². The molecule has 118 valence electrons. The Hall–Kier alpha value is -1.11. The molecule has 0 aromatic heterocycles. The van der Waals surface area contributed by atoms with Crippen molar-refractivity contribution < 1.29 is 13.2 Å². The second kappa shape index (κ2) is 6.77. The van der Waals surface area contributed by atoms with E-state index in [1.165, 1.54) is 0 Å². The van der Waals surface area contributed by atoms with Gasteiger partial charge in [0.1, 0.15) is 0 Å². The highest BCUT2D eigenvalue weighted by molar-refractivity contribution is 7.89. The largest absolute Gasteiger partial charge is 0.398 e. The van der Waals surface area contributed by atoms with Gasteiger partial charge in [-0.25, -0.2) is 13.1 Å². The molecule has 0 radical (unpaired) electrons. The highest BCUT2D eigenvalue weighted by atomic mass is 32.2. The molecular weight excluding hydrogens is 288 g/mol. The van der Waals surface area contributed by atoms with Crippen molar-refractivity contribution in [2.24, 2.45) is 0 Å². The fraction of sp³-hybridized carbons (Fsp3) is 0.600. The second-order valence-electron chi connectivity index (χ2n) is 5.40. The molecule has 0 aliphatic carbocycles. The highest BCUT2D eigenvalue weighted by Crippen LogP contribution is 2.26. The Labute approximate surface area is 126 Å². The lowest BCUT2D eigenvalue weighted by Crippen LogP contribution is -2.40. The smallest absolute Gasteiger partial charge is 0.241 e. The molecule has 1 unspecified atom stereocenters. The van der Waals surface area contributed by atoms with E-state index in [1.807, 2.05) is 19.9 Å². The molecule has 1 aliphatic rings. The summed E-state index contributed by atoms with van der Waals surface area (Å²) in [7, 11) is -3.57. The zero-order valence-electron chi connectivity index (χ0n) is 12.7. The normalized spacial score (nSPS) is 19.6.